The minimum atomic E-state index is -0.409. The highest BCUT2D eigenvalue weighted by molar-refractivity contribution is 8.04. The van der Waals surface area contributed by atoms with Gasteiger partial charge in [-0.05, 0) is 25.3 Å². The Morgan fingerprint density at radius 1 is 1.06 bits per heavy atom. The molecule has 160 valence electrons. The van der Waals surface area contributed by atoms with Crippen LogP contribution in [-0.2, 0) is 14.3 Å². The molecule has 1 fully saturated rings. The molecule has 0 unspecified atom stereocenters. The molecule has 0 N–H and O–H groups in total. The number of carbonyl (C=O) groups excluding carboxylic acids is 2. The molecule has 5 rings (SSSR count). The number of fused-ring (bicyclic) bond motifs is 1. The molecule has 0 radical (unpaired) electrons. The van der Waals surface area contributed by atoms with Gasteiger partial charge < -0.3 is 4.74 Å². The van der Waals surface area contributed by atoms with Gasteiger partial charge in [-0.15, -0.1) is 11.8 Å². The molecule has 0 aromatic carbocycles. The van der Waals surface area contributed by atoms with Crippen molar-refractivity contribution in [1.29, 1.82) is 0 Å². The summed E-state index contributed by atoms with van der Waals surface area (Å²) in [5.41, 5.74) is 3.86. The Balaban J connectivity index is 1.32. The number of ether oxygens (including phenoxy) is 1. The third-order valence-corrected chi connectivity index (χ3v) is 7.91. The maximum absolute atomic E-state index is 12.7. The minimum absolute atomic E-state index is 0.262. The smallest absolute Gasteiger partial charge is 0.243 e. The first-order chi connectivity index (χ1) is 15.0. The minimum Gasteiger partial charge on any atom is -0.485 e. The average molecular weight is 434 g/mol. The van der Waals surface area contributed by atoms with E-state index in [2.05, 4.69) is 36.1 Å². The van der Waals surface area contributed by atoms with Crippen LogP contribution in [0.25, 0.3) is 0 Å². The van der Waals surface area contributed by atoms with Crippen molar-refractivity contribution in [2.45, 2.75) is 38.2 Å². The number of ketones is 2. The standard InChI is InChI=1S/C26H27NO3S/c1-18-7-5-6-8-19(15-18)16-27-13-11-26(12-14-27)17-31-25-23(29)22(28)20-9-3-2-4-10-21(20)24(25)30-26/h2-6,8-9,15H,7,10-14,16-17H2,1H3. The van der Waals surface area contributed by atoms with Crippen molar-refractivity contribution in [3.63, 3.8) is 0 Å². The van der Waals surface area contributed by atoms with E-state index in [1.807, 2.05) is 18.2 Å². The third-order valence-electron chi connectivity index (χ3n) is 6.58. The average Bonchev–Trinajstić information content (AvgIpc) is 3.14. The largest absolute Gasteiger partial charge is 0.485 e. The van der Waals surface area contributed by atoms with Gasteiger partial charge in [0.1, 0.15) is 16.3 Å². The van der Waals surface area contributed by atoms with E-state index in [0.717, 1.165) is 50.2 Å². The monoisotopic (exact) mass is 433 g/mol. The second kappa shape index (κ2) is 8.29. The van der Waals surface area contributed by atoms with Gasteiger partial charge in [-0.25, -0.2) is 0 Å². The number of rotatable bonds is 2. The van der Waals surface area contributed by atoms with Gasteiger partial charge in [-0.2, -0.15) is 0 Å². The van der Waals surface area contributed by atoms with Gasteiger partial charge in [0.05, 0.1) is 0 Å². The van der Waals surface area contributed by atoms with E-state index in [9.17, 15) is 9.59 Å². The summed E-state index contributed by atoms with van der Waals surface area (Å²) in [4.78, 5) is 28.3. The van der Waals surface area contributed by atoms with Crippen LogP contribution in [0.1, 0.15) is 32.6 Å². The third kappa shape index (κ3) is 3.97. The summed E-state index contributed by atoms with van der Waals surface area (Å²) in [5.74, 6) is 0.589. The van der Waals surface area contributed by atoms with Crippen LogP contribution in [0.15, 0.2) is 81.6 Å². The lowest BCUT2D eigenvalue weighted by atomic mass is 9.89. The predicted molar refractivity (Wildman–Crippen MR) is 125 cm³/mol. The fourth-order valence-electron chi connectivity index (χ4n) is 4.80. The molecule has 3 aliphatic carbocycles. The van der Waals surface area contributed by atoms with Crippen LogP contribution in [0.2, 0.25) is 0 Å². The van der Waals surface area contributed by atoms with Gasteiger partial charge in [-0.1, -0.05) is 54.2 Å². The van der Waals surface area contributed by atoms with Crippen LogP contribution in [-0.4, -0.2) is 47.5 Å². The molecule has 2 heterocycles. The number of hydrogen-bond acceptors (Lipinski definition) is 5. The Hall–Kier alpha value is -2.37. The molecule has 1 saturated heterocycles. The number of piperidine rings is 1. The van der Waals surface area contributed by atoms with E-state index < -0.39 is 11.6 Å². The summed E-state index contributed by atoms with van der Waals surface area (Å²) in [5, 5.41) is 0. The van der Waals surface area contributed by atoms with Gasteiger partial charge in [0.15, 0.2) is 0 Å². The van der Waals surface area contributed by atoms with E-state index >= 15 is 0 Å². The van der Waals surface area contributed by atoms with E-state index in [-0.39, 0.29) is 5.60 Å². The Labute approximate surface area is 187 Å². The van der Waals surface area contributed by atoms with Crippen molar-refractivity contribution in [3.05, 3.63) is 81.6 Å². The van der Waals surface area contributed by atoms with Gasteiger partial charge in [0.25, 0.3) is 0 Å². The van der Waals surface area contributed by atoms with E-state index in [1.165, 1.54) is 22.9 Å². The Kier molecular flexibility index (Phi) is 5.49. The molecule has 31 heavy (non-hydrogen) atoms. The lowest BCUT2D eigenvalue weighted by Crippen LogP contribution is -2.50. The summed E-state index contributed by atoms with van der Waals surface area (Å²) < 4.78 is 6.63. The normalized spacial score (nSPS) is 25.6. The lowest BCUT2D eigenvalue weighted by molar-refractivity contribution is -0.132. The fourth-order valence-corrected chi connectivity index (χ4v) is 6.07. The molecule has 5 heteroatoms. The van der Waals surface area contributed by atoms with Crippen molar-refractivity contribution in [2.24, 2.45) is 0 Å². The summed E-state index contributed by atoms with van der Waals surface area (Å²) in [6.45, 7) is 5.08. The van der Waals surface area contributed by atoms with Crippen molar-refractivity contribution in [2.75, 3.05) is 25.4 Å². The Bertz CT molecular complexity index is 1040. The van der Waals surface area contributed by atoms with Gasteiger partial charge >= 0.3 is 0 Å². The molecule has 2 aliphatic heterocycles. The lowest BCUT2D eigenvalue weighted by Gasteiger charge is -2.45. The fraction of sp³-hybridized carbons (Fsp3) is 0.385. The van der Waals surface area contributed by atoms with E-state index in [4.69, 9.17) is 4.74 Å². The van der Waals surface area contributed by atoms with Crippen LogP contribution in [0.4, 0.5) is 0 Å². The highest BCUT2D eigenvalue weighted by Crippen LogP contribution is 2.47. The molecule has 0 aromatic rings. The van der Waals surface area contributed by atoms with Gasteiger partial charge in [-0.3, -0.25) is 14.5 Å². The zero-order valence-corrected chi connectivity index (χ0v) is 18.7. The number of nitrogens with zero attached hydrogens (tertiary/aromatic N) is 1. The van der Waals surface area contributed by atoms with Crippen LogP contribution in [0.3, 0.4) is 0 Å². The molecule has 5 aliphatic rings. The number of likely N-dealkylation sites (tertiary alicyclic amines) is 1. The highest BCUT2D eigenvalue weighted by Gasteiger charge is 2.46. The maximum atomic E-state index is 12.7. The number of thioether (sulfide) groups is 1. The molecule has 4 nitrogen and oxygen atoms in total. The first-order valence-corrected chi connectivity index (χ1v) is 12.0. The van der Waals surface area contributed by atoms with E-state index in [1.54, 1.807) is 6.08 Å². The summed E-state index contributed by atoms with van der Waals surface area (Å²) in [7, 11) is 0. The number of hydrogen-bond donors (Lipinski definition) is 0. The molecule has 0 amide bonds. The number of carbonyl (C=O) groups is 2. The topological polar surface area (TPSA) is 46.6 Å². The van der Waals surface area contributed by atoms with Crippen LogP contribution >= 0.6 is 11.8 Å². The quantitative estimate of drug-likeness (QED) is 0.471. The summed E-state index contributed by atoms with van der Waals surface area (Å²) in [6, 6.07) is 0. The molecule has 0 aromatic heterocycles. The molecule has 0 saturated carbocycles. The second-order valence-corrected chi connectivity index (χ2v) is 9.90. The number of allylic oxidation sites excluding steroid dienone is 11. The zero-order chi connectivity index (χ0) is 21.4. The van der Waals surface area contributed by atoms with Crippen LogP contribution < -0.4 is 0 Å². The van der Waals surface area contributed by atoms with Crippen molar-refractivity contribution >= 4 is 23.3 Å². The molecular weight excluding hydrogens is 406 g/mol. The predicted octanol–water partition coefficient (Wildman–Crippen LogP) is 4.59. The van der Waals surface area contributed by atoms with Gasteiger partial charge in [0.2, 0.25) is 11.6 Å². The van der Waals surface area contributed by atoms with Crippen molar-refractivity contribution in [3.8, 4) is 0 Å². The Morgan fingerprint density at radius 3 is 2.71 bits per heavy atom. The molecular formula is C26H27NO3S. The summed E-state index contributed by atoms with van der Waals surface area (Å²) >= 11 is 1.52. The van der Waals surface area contributed by atoms with Gasteiger partial charge in [0, 0.05) is 49.4 Å². The Morgan fingerprint density at radius 2 is 1.87 bits per heavy atom. The number of Topliss-reactive ketones (excluding diaryl/α,β-unsaturated/α-hetero) is 2. The SMILES string of the molecule is CC1=CC(CN2CCC3(CC2)CSC2=C(O3)C3=C(C=CC=CC3)C(=O)C2=O)=CC=CC1. The summed E-state index contributed by atoms with van der Waals surface area (Å²) in [6.07, 6.45) is 19.9. The van der Waals surface area contributed by atoms with Crippen LogP contribution in [0.5, 0.6) is 0 Å². The molecule has 0 bridgehead atoms. The molecule has 0 atom stereocenters. The zero-order valence-electron chi connectivity index (χ0n) is 17.9. The second-order valence-electron chi connectivity index (χ2n) is 8.91. The van der Waals surface area contributed by atoms with Crippen molar-refractivity contribution < 1.29 is 14.3 Å². The van der Waals surface area contributed by atoms with Crippen LogP contribution in [0, 0.1) is 0 Å². The highest BCUT2D eigenvalue weighted by atomic mass is 32.2. The maximum Gasteiger partial charge on any atom is 0.243 e. The van der Waals surface area contributed by atoms with Crippen molar-refractivity contribution in [1.82, 2.24) is 4.90 Å². The first-order valence-electron chi connectivity index (χ1n) is 11.0. The molecule has 1 spiro atoms. The first kappa shape index (κ1) is 20.5. The van der Waals surface area contributed by atoms with E-state index in [0.29, 0.717) is 22.7 Å².